The van der Waals surface area contributed by atoms with Gasteiger partial charge in [0.05, 0.1) is 10.0 Å². The number of benzene rings is 2. The molecule has 2 aromatic rings. The van der Waals surface area contributed by atoms with Crippen LogP contribution in [0.3, 0.4) is 0 Å². The first-order chi connectivity index (χ1) is 9.47. The van der Waals surface area contributed by atoms with Gasteiger partial charge in [0.1, 0.15) is 12.4 Å². The second kappa shape index (κ2) is 6.09. The normalized spacial score (nSPS) is 10.3. The van der Waals surface area contributed by atoms with Crippen molar-refractivity contribution in [2.75, 3.05) is 0 Å². The quantitative estimate of drug-likeness (QED) is 0.904. The molecule has 2 rings (SSSR count). The average Bonchev–Trinajstić information content (AvgIpc) is 2.41. The van der Waals surface area contributed by atoms with Gasteiger partial charge in [-0.05, 0) is 64.7 Å². The Morgan fingerprint density at radius 2 is 1.90 bits per heavy atom. The SMILES string of the molecule is Cc1ccc(COc2cc(C(=O)O)ccc2Br)cc1C. The third-order valence-electron chi connectivity index (χ3n) is 3.14. The van der Waals surface area contributed by atoms with Crippen LogP contribution in [0.1, 0.15) is 27.0 Å². The fourth-order valence-corrected chi connectivity index (χ4v) is 2.16. The number of rotatable bonds is 4. The highest BCUT2D eigenvalue weighted by Gasteiger charge is 2.08. The van der Waals surface area contributed by atoms with Crippen molar-refractivity contribution in [2.45, 2.75) is 20.5 Å². The van der Waals surface area contributed by atoms with Gasteiger partial charge in [0, 0.05) is 0 Å². The molecule has 0 radical (unpaired) electrons. The Kier molecular flexibility index (Phi) is 4.45. The highest BCUT2D eigenvalue weighted by atomic mass is 79.9. The topological polar surface area (TPSA) is 46.5 Å². The van der Waals surface area contributed by atoms with Crippen molar-refractivity contribution in [2.24, 2.45) is 0 Å². The highest BCUT2D eigenvalue weighted by Crippen LogP contribution is 2.27. The minimum Gasteiger partial charge on any atom is -0.488 e. The van der Waals surface area contributed by atoms with E-state index in [0.29, 0.717) is 12.4 Å². The van der Waals surface area contributed by atoms with E-state index in [1.54, 1.807) is 6.07 Å². The Hall–Kier alpha value is -1.81. The molecule has 0 saturated carbocycles. The van der Waals surface area contributed by atoms with E-state index in [9.17, 15) is 4.79 Å². The summed E-state index contributed by atoms with van der Waals surface area (Å²) >= 11 is 3.36. The van der Waals surface area contributed by atoms with E-state index in [2.05, 4.69) is 41.9 Å². The molecule has 20 heavy (non-hydrogen) atoms. The average molecular weight is 335 g/mol. The molecule has 0 saturated heterocycles. The molecule has 3 nitrogen and oxygen atoms in total. The molecule has 0 heterocycles. The largest absolute Gasteiger partial charge is 0.488 e. The van der Waals surface area contributed by atoms with Gasteiger partial charge < -0.3 is 9.84 Å². The molecule has 0 aliphatic rings. The Labute approximate surface area is 126 Å². The molecule has 1 N–H and O–H groups in total. The summed E-state index contributed by atoms with van der Waals surface area (Å²) in [5.74, 6) is -0.434. The van der Waals surface area contributed by atoms with Crippen LogP contribution in [0, 0.1) is 13.8 Å². The van der Waals surface area contributed by atoms with Crippen LogP contribution in [0.5, 0.6) is 5.75 Å². The molecule has 0 bridgehead atoms. The maximum Gasteiger partial charge on any atom is 0.335 e. The van der Waals surface area contributed by atoms with Gasteiger partial charge in [-0.15, -0.1) is 0 Å². The molecule has 0 amide bonds. The van der Waals surface area contributed by atoms with Gasteiger partial charge in [-0.25, -0.2) is 4.79 Å². The van der Waals surface area contributed by atoms with E-state index in [-0.39, 0.29) is 5.56 Å². The second-order valence-corrected chi connectivity index (χ2v) is 5.51. The Balaban J connectivity index is 2.15. The van der Waals surface area contributed by atoms with Gasteiger partial charge in [-0.1, -0.05) is 18.2 Å². The number of aryl methyl sites for hydroxylation is 2. The molecule has 0 atom stereocenters. The number of carboxylic acid groups (broad SMARTS) is 1. The third kappa shape index (κ3) is 3.39. The van der Waals surface area contributed by atoms with E-state index in [0.717, 1.165) is 10.0 Å². The fraction of sp³-hybridized carbons (Fsp3) is 0.188. The van der Waals surface area contributed by atoms with Crippen LogP contribution >= 0.6 is 15.9 Å². The first-order valence-electron chi connectivity index (χ1n) is 6.19. The van der Waals surface area contributed by atoms with Crippen LogP contribution < -0.4 is 4.74 Å². The van der Waals surface area contributed by atoms with Crippen molar-refractivity contribution in [3.8, 4) is 5.75 Å². The highest BCUT2D eigenvalue weighted by molar-refractivity contribution is 9.10. The van der Waals surface area contributed by atoms with Gasteiger partial charge in [0.2, 0.25) is 0 Å². The van der Waals surface area contributed by atoms with Crippen LogP contribution in [0.4, 0.5) is 0 Å². The van der Waals surface area contributed by atoms with Crippen molar-refractivity contribution in [3.63, 3.8) is 0 Å². The first-order valence-corrected chi connectivity index (χ1v) is 6.98. The molecular weight excluding hydrogens is 320 g/mol. The monoisotopic (exact) mass is 334 g/mol. The summed E-state index contributed by atoms with van der Waals surface area (Å²) in [6.45, 7) is 4.52. The number of hydrogen-bond donors (Lipinski definition) is 1. The minimum absolute atomic E-state index is 0.211. The van der Waals surface area contributed by atoms with Crippen LogP contribution in [0.2, 0.25) is 0 Å². The van der Waals surface area contributed by atoms with E-state index >= 15 is 0 Å². The number of hydrogen-bond acceptors (Lipinski definition) is 2. The lowest BCUT2D eigenvalue weighted by atomic mass is 10.1. The second-order valence-electron chi connectivity index (χ2n) is 4.66. The zero-order chi connectivity index (χ0) is 14.7. The molecule has 0 aliphatic carbocycles. The smallest absolute Gasteiger partial charge is 0.335 e. The summed E-state index contributed by atoms with van der Waals surface area (Å²) in [5, 5.41) is 8.98. The first kappa shape index (κ1) is 14.6. The lowest BCUT2D eigenvalue weighted by Crippen LogP contribution is -2.00. The molecule has 0 fully saturated rings. The fourth-order valence-electron chi connectivity index (χ4n) is 1.80. The zero-order valence-corrected chi connectivity index (χ0v) is 12.9. The van der Waals surface area contributed by atoms with Crippen molar-refractivity contribution in [1.29, 1.82) is 0 Å². The Bertz CT molecular complexity index is 650. The van der Waals surface area contributed by atoms with Crippen molar-refractivity contribution in [1.82, 2.24) is 0 Å². The summed E-state index contributed by atoms with van der Waals surface area (Å²) in [7, 11) is 0. The molecule has 104 valence electrons. The van der Waals surface area contributed by atoms with Crippen LogP contribution in [-0.4, -0.2) is 11.1 Å². The van der Waals surface area contributed by atoms with E-state index in [1.807, 2.05) is 6.07 Å². The summed E-state index contributed by atoms with van der Waals surface area (Å²) in [4.78, 5) is 10.9. The summed E-state index contributed by atoms with van der Waals surface area (Å²) < 4.78 is 6.44. The molecular formula is C16H15BrO3. The van der Waals surface area contributed by atoms with Gasteiger partial charge in [0.25, 0.3) is 0 Å². The molecule has 2 aromatic carbocycles. The predicted octanol–water partition coefficient (Wildman–Crippen LogP) is 4.34. The number of carbonyl (C=O) groups is 1. The van der Waals surface area contributed by atoms with E-state index < -0.39 is 5.97 Å². The molecule has 4 heteroatoms. The number of halogens is 1. The Morgan fingerprint density at radius 1 is 1.15 bits per heavy atom. The van der Waals surface area contributed by atoms with Crippen LogP contribution in [-0.2, 0) is 6.61 Å². The molecule has 0 spiro atoms. The summed E-state index contributed by atoms with van der Waals surface area (Å²) in [6.07, 6.45) is 0. The summed E-state index contributed by atoms with van der Waals surface area (Å²) in [5.41, 5.74) is 3.72. The molecule has 0 unspecified atom stereocenters. The van der Waals surface area contributed by atoms with Crippen LogP contribution in [0.25, 0.3) is 0 Å². The van der Waals surface area contributed by atoms with E-state index in [1.165, 1.54) is 23.3 Å². The maximum atomic E-state index is 10.9. The van der Waals surface area contributed by atoms with Crippen LogP contribution in [0.15, 0.2) is 40.9 Å². The van der Waals surface area contributed by atoms with Gasteiger partial charge >= 0.3 is 5.97 Å². The molecule has 0 aromatic heterocycles. The maximum absolute atomic E-state index is 10.9. The number of carboxylic acids is 1. The Morgan fingerprint density at radius 3 is 2.55 bits per heavy atom. The standard InChI is InChI=1S/C16H15BrO3/c1-10-3-4-12(7-11(10)2)9-20-15-8-13(16(18)19)5-6-14(15)17/h3-8H,9H2,1-2H3,(H,18,19). The van der Waals surface area contributed by atoms with Crippen molar-refractivity contribution >= 4 is 21.9 Å². The lowest BCUT2D eigenvalue weighted by Gasteiger charge is -2.10. The zero-order valence-electron chi connectivity index (χ0n) is 11.3. The van der Waals surface area contributed by atoms with Gasteiger partial charge in [-0.3, -0.25) is 0 Å². The van der Waals surface area contributed by atoms with E-state index in [4.69, 9.17) is 9.84 Å². The third-order valence-corrected chi connectivity index (χ3v) is 3.80. The van der Waals surface area contributed by atoms with Gasteiger partial charge in [-0.2, -0.15) is 0 Å². The number of ether oxygens (including phenoxy) is 1. The summed E-state index contributed by atoms with van der Waals surface area (Å²) in [6, 6.07) is 10.9. The number of aromatic carboxylic acids is 1. The molecule has 0 aliphatic heterocycles. The minimum atomic E-state index is -0.964. The predicted molar refractivity (Wildman–Crippen MR) is 81.3 cm³/mol. The van der Waals surface area contributed by atoms with Gasteiger partial charge in [0.15, 0.2) is 0 Å². The lowest BCUT2D eigenvalue weighted by molar-refractivity contribution is 0.0696. The van der Waals surface area contributed by atoms with Crippen molar-refractivity contribution < 1.29 is 14.6 Å². The van der Waals surface area contributed by atoms with Crippen molar-refractivity contribution in [3.05, 3.63) is 63.1 Å².